The molecule has 0 aliphatic rings. The minimum Gasteiger partial charge on any atom is -0.454 e. The molecule has 5 heteroatoms. The number of aromatic nitrogens is 2. The van der Waals surface area contributed by atoms with E-state index >= 15 is 0 Å². The van der Waals surface area contributed by atoms with E-state index in [1.54, 1.807) is 29.1 Å². The van der Waals surface area contributed by atoms with Crippen LogP contribution in [-0.2, 0) is 6.54 Å². The SMILES string of the molecule is C=CCn1cc(Oc2cc(C#N)cc(C#N)c2)c(C(C)C)n1. The summed E-state index contributed by atoms with van der Waals surface area (Å²) in [6.07, 6.45) is 3.55. The van der Waals surface area contributed by atoms with Gasteiger partial charge in [0.1, 0.15) is 11.4 Å². The third-order valence-electron chi connectivity index (χ3n) is 3.01. The van der Waals surface area contributed by atoms with Crippen LogP contribution in [0, 0.1) is 22.7 Å². The van der Waals surface area contributed by atoms with Crippen LogP contribution >= 0.6 is 0 Å². The number of ether oxygens (including phenoxy) is 1. The summed E-state index contributed by atoms with van der Waals surface area (Å²) in [5, 5.41) is 22.5. The molecule has 0 saturated carbocycles. The first-order valence-corrected chi connectivity index (χ1v) is 6.88. The maximum absolute atomic E-state index is 9.02. The second-order valence-electron chi connectivity index (χ2n) is 5.12. The van der Waals surface area contributed by atoms with E-state index in [0.717, 1.165) is 5.69 Å². The molecule has 22 heavy (non-hydrogen) atoms. The van der Waals surface area contributed by atoms with E-state index < -0.39 is 0 Å². The van der Waals surface area contributed by atoms with Gasteiger partial charge in [-0.2, -0.15) is 15.6 Å². The maximum Gasteiger partial charge on any atom is 0.168 e. The summed E-state index contributed by atoms with van der Waals surface area (Å²) in [7, 11) is 0. The first-order valence-electron chi connectivity index (χ1n) is 6.88. The van der Waals surface area contributed by atoms with Crippen LogP contribution < -0.4 is 4.74 Å². The molecular formula is C17H16N4O. The van der Waals surface area contributed by atoms with Crippen LogP contribution in [0.4, 0.5) is 0 Å². The van der Waals surface area contributed by atoms with Gasteiger partial charge in [0.15, 0.2) is 5.75 Å². The summed E-state index contributed by atoms with van der Waals surface area (Å²) in [6.45, 7) is 8.34. The third-order valence-corrected chi connectivity index (χ3v) is 3.01. The Balaban J connectivity index is 2.40. The topological polar surface area (TPSA) is 74.6 Å². The molecule has 0 unspecified atom stereocenters. The molecule has 0 aliphatic heterocycles. The summed E-state index contributed by atoms with van der Waals surface area (Å²) < 4.78 is 7.61. The maximum atomic E-state index is 9.02. The molecule has 110 valence electrons. The Morgan fingerprint density at radius 1 is 1.27 bits per heavy atom. The minimum atomic E-state index is 0.190. The number of hydrogen-bond acceptors (Lipinski definition) is 4. The molecule has 0 fully saturated rings. The fourth-order valence-corrected chi connectivity index (χ4v) is 2.04. The number of benzene rings is 1. The van der Waals surface area contributed by atoms with Crippen LogP contribution in [0.5, 0.6) is 11.5 Å². The fourth-order valence-electron chi connectivity index (χ4n) is 2.04. The van der Waals surface area contributed by atoms with E-state index in [1.165, 1.54) is 6.07 Å². The Morgan fingerprint density at radius 3 is 2.41 bits per heavy atom. The van der Waals surface area contributed by atoms with Crippen molar-refractivity contribution in [2.24, 2.45) is 0 Å². The Bertz CT molecular complexity index is 743. The molecule has 1 aromatic carbocycles. The van der Waals surface area contributed by atoms with Crippen molar-refractivity contribution in [1.29, 1.82) is 10.5 Å². The zero-order valence-electron chi connectivity index (χ0n) is 12.6. The second-order valence-corrected chi connectivity index (χ2v) is 5.12. The molecular weight excluding hydrogens is 276 g/mol. The van der Waals surface area contributed by atoms with Crippen LogP contribution in [-0.4, -0.2) is 9.78 Å². The Morgan fingerprint density at radius 2 is 1.91 bits per heavy atom. The lowest BCUT2D eigenvalue weighted by Gasteiger charge is -2.08. The Hall–Kier alpha value is -3.05. The lowest BCUT2D eigenvalue weighted by Crippen LogP contribution is -1.97. The van der Waals surface area contributed by atoms with Crippen molar-refractivity contribution in [3.05, 3.63) is 53.9 Å². The van der Waals surface area contributed by atoms with Crippen molar-refractivity contribution in [3.63, 3.8) is 0 Å². The summed E-state index contributed by atoms with van der Waals surface area (Å²) in [4.78, 5) is 0. The van der Waals surface area contributed by atoms with Crippen LogP contribution in [0.2, 0.25) is 0 Å². The van der Waals surface area contributed by atoms with Crippen molar-refractivity contribution in [3.8, 4) is 23.6 Å². The van der Waals surface area contributed by atoms with Gasteiger partial charge in [0.05, 0.1) is 36.0 Å². The predicted octanol–water partition coefficient (Wildman–Crippen LogP) is 3.73. The predicted molar refractivity (Wildman–Crippen MR) is 82.5 cm³/mol. The summed E-state index contributed by atoms with van der Waals surface area (Å²) >= 11 is 0. The average Bonchev–Trinajstić information content (AvgIpc) is 2.90. The quantitative estimate of drug-likeness (QED) is 0.787. The highest BCUT2D eigenvalue weighted by Gasteiger charge is 2.15. The van der Waals surface area contributed by atoms with E-state index in [9.17, 15) is 0 Å². The van der Waals surface area contributed by atoms with Gasteiger partial charge in [-0.05, 0) is 18.2 Å². The lowest BCUT2D eigenvalue weighted by atomic mass is 10.1. The van der Waals surface area contributed by atoms with E-state index in [0.29, 0.717) is 29.2 Å². The van der Waals surface area contributed by atoms with Gasteiger partial charge >= 0.3 is 0 Å². The molecule has 5 nitrogen and oxygen atoms in total. The van der Waals surface area contributed by atoms with Crippen LogP contribution in [0.3, 0.4) is 0 Å². The van der Waals surface area contributed by atoms with Gasteiger partial charge in [0.2, 0.25) is 0 Å². The van der Waals surface area contributed by atoms with Crippen molar-refractivity contribution >= 4 is 0 Å². The molecule has 0 N–H and O–H groups in total. The van der Waals surface area contributed by atoms with Crippen molar-refractivity contribution in [2.45, 2.75) is 26.3 Å². The van der Waals surface area contributed by atoms with Gasteiger partial charge in [-0.1, -0.05) is 19.9 Å². The highest BCUT2D eigenvalue weighted by Crippen LogP contribution is 2.30. The van der Waals surface area contributed by atoms with Gasteiger partial charge in [-0.25, -0.2) is 0 Å². The molecule has 1 aromatic heterocycles. The van der Waals surface area contributed by atoms with Gasteiger partial charge in [-0.3, -0.25) is 4.68 Å². The largest absolute Gasteiger partial charge is 0.454 e. The van der Waals surface area contributed by atoms with Gasteiger partial charge < -0.3 is 4.74 Å². The molecule has 0 bridgehead atoms. The monoisotopic (exact) mass is 292 g/mol. The fraction of sp³-hybridized carbons (Fsp3) is 0.235. The molecule has 1 heterocycles. The molecule has 0 atom stereocenters. The third kappa shape index (κ3) is 3.34. The summed E-state index contributed by atoms with van der Waals surface area (Å²) in [6, 6.07) is 8.79. The molecule has 0 aliphatic carbocycles. The zero-order valence-corrected chi connectivity index (χ0v) is 12.6. The number of hydrogen-bond donors (Lipinski definition) is 0. The molecule has 0 saturated heterocycles. The van der Waals surface area contributed by atoms with E-state index in [-0.39, 0.29) is 5.92 Å². The minimum absolute atomic E-state index is 0.190. The zero-order chi connectivity index (χ0) is 16.1. The summed E-state index contributed by atoms with van der Waals surface area (Å²) in [5.41, 5.74) is 1.60. The van der Waals surface area contributed by atoms with Crippen LogP contribution in [0.25, 0.3) is 0 Å². The van der Waals surface area contributed by atoms with Crippen molar-refractivity contribution < 1.29 is 4.74 Å². The molecule has 0 amide bonds. The smallest absolute Gasteiger partial charge is 0.168 e. The standard InChI is InChI=1S/C17H16N4O/c1-4-5-21-11-16(17(20-21)12(2)3)22-15-7-13(9-18)6-14(8-15)10-19/h4,6-8,11-12H,1,5H2,2-3H3. The molecule has 0 radical (unpaired) electrons. The Labute approximate surface area is 129 Å². The van der Waals surface area contributed by atoms with Crippen molar-refractivity contribution in [2.75, 3.05) is 0 Å². The first kappa shape index (κ1) is 15.3. The van der Waals surface area contributed by atoms with Crippen LogP contribution in [0.1, 0.15) is 36.6 Å². The summed E-state index contributed by atoms with van der Waals surface area (Å²) in [5.74, 6) is 1.27. The van der Waals surface area contributed by atoms with Gasteiger partial charge in [0.25, 0.3) is 0 Å². The van der Waals surface area contributed by atoms with E-state index in [4.69, 9.17) is 15.3 Å². The normalized spacial score (nSPS) is 10.0. The number of nitriles is 2. The van der Waals surface area contributed by atoms with Crippen molar-refractivity contribution in [1.82, 2.24) is 9.78 Å². The van der Waals surface area contributed by atoms with Gasteiger partial charge in [-0.15, -0.1) is 6.58 Å². The average molecular weight is 292 g/mol. The molecule has 2 aromatic rings. The van der Waals surface area contributed by atoms with E-state index in [1.807, 2.05) is 26.0 Å². The Kier molecular flexibility index (Phi) is 4.60. The number of rotatable bonds is 5. The highest BCUT2D eigenvalue weighted by atomic mass is 16.5. The van der Waals surface area contributed by atoms with Gasteiger partial charge in [0, 0.05) is 5.92 Å². The first-order chi connectivity index (χ1) is 10.6. The second kappa shape index (κ2) is 6.60. The van der Waals surface area contributed by atoms with E-state index in [2.05, 4.69) is 11.7 Å². The van der Waals surface area contributed by atoms with Crippen LogP contribution in [0.15, 0.2) is 37.1 Å². The lowest BCUT2D eigenvalue weighted by molar-refractivity contribution is 0.472. The molecule has 2 rings (SSSR count). The molecule has 0 spiro atoms. The number of allylic oxidation sites excluding steroid dienone is 1. The number of nitrogens with zero attached hydrogens (tertiary/aromatic N) is 4. The highest BCUT2D eigenvalue weighted by molar-refractivity contribution is 5.47.